The minimum Gasteiger partial charge on any atom is -0.462 e. The highest BCUT2D eigenvalue weighted by atomic mass is 16.5. The summed E-state index contributed by atoms with van der Waals surface area (Å²) in [5.41, 5.74) is 7.24. The lowest BCUT2D eigenvalue weighted by molar-refractivity contribution is -0.110. The topological polar surface area (TPSA) is 123 Å². The summed E-state index contributed by atoms with van der Waals surface area (Å²) in [4.78, 5) is 39.4. The van der Waals surface area contributed by atoms with Gasteiger partial charge in [-0.05, 0) is 31.2 Å². The van der Waals surface area contributed by atoms with Gasteiger partial charge in [0.2, 0.25) is 5.91 Å². The van der Waals surface area contributed by atoms with Gasteiger partial charge in [0.05, 0.1) is 17.7 Å². The van der Waals surface area contributed by atoms with Gasteiger partial charge in [-0.1, -0.05) is 6.07 Å². The van der Waals surface area contributed by atoms with Gasteiger partial charge in [-0.2, -0.15) is 0 Å². The van der Waals surface area contributed by atoms with Gasteiger partial charge in [-0.15, -0.1) is 0 Å². The Morgan fingerprint density at radius 2 is 2.12 bits per heavy atom. The smallest absolute Gasteiger partial charge is 0.339 e. The van der Waals surface area contributed by atoms with Crippen LogP contribution in [0.4, 0.5) is 11.5 Å². The minimum absolute atomic E-state index is 0.244. The summed E-state index contributed by atoms with van der Waals surface area (Å²) in [6.07, 6.45) is 2.84. The number of amides is 2. The number of hydrogen-bond donors (Lipinski definition) is 3. The normalized spacial score (nSPS) is 13.9. The summed E-state index contributed by atoms with van der Waals surface area (Å²) < 4.78 is 4.95. The lowest BCUT2D eigenvalue weighted by Crippen LogP contribution is -2.11. The summed E-state index contributed by atoms with van der Waals surface area (Å²) in [6.45, 7) is 1.95. The van der Waals surface area contributed by atoms with Crippen LogP contribution < -0.4 is 16.4 Å². The van der Waals surface area contributed by atoms with Crippen molar-refractivity contribution in [1.29, 1.82) is 0 Å². The van der Waals surface area contributed by atoms with Crippen LogP contribution in [0.5, 0.6) is 0 Å². The van der Waals surface area contributed by atoms with Gasteiger partial charge in [0, 0.05) is 29.2 Å². The number of primary amides is 1. The molecule has 26 heavy (non-hydrogen) atoms. The molecule has 132 valence electrons. The molecule has 1 aliphatic heterocycles. The van der Waals surface area contributed by atoms with E-state index in [1.54, 1.807) is 37.3 Å². The monoisotopic (exact) mass is 352 g/mol. The number of rotatable bonds is 5. The number of ether oxygens (including phenoxy) is 1. The number of anilines is 2. The first kappa shape index (κ1) is 17.2. The third-order valence-electron chi connectivity index (χ3n) is 3.70. The van der Waals surface area contributed by atoms with Crippen LogP contribution in [-0.4, -0.2) is 29.4 Å². The predicted octanol–water partition coefficient (Wildman–Crippen LogP) is 1.76. The molecule has 0 fully saturated rings. The molecule has 1 aromatic heterocycles. The molecule has 0 saturated carbocycles. The van der Waals surface area contributed by atoms with Crippen LogP contribution in [0.1, 0.15) is 33.2 Å². The Morgan fingerprint density at radius 3 is 2.85 bits per heavy atom. The van der Waals surface area contributed by atoms with Crippen molar-refractivity contribution in [3.05, 3.63) is 59.4 Å². The number of pyridine rings is 1. The SMILES string of the molecule is CCOC(=O)c1cnc2c(c1)/C(=C\Nc1cccc(C(N)=O)c1)C(=O)N2. The molecular weight excluding hydrogens is 336 g/mol. The Kier molecular flexibility index (Phi) is 4.66. The summed E-state index contributed by atoms with van der Waals surface area (Å²) in [5.74, 6) is -1.05. The van der Waals surface area contributed by atoms with Gasteiger partial charge in [0.15, 0.2) is 0 Å². The van der Waals surface area contributed by atoms with Crippen LogP contribution in [0.3, 0.4) is 0 Å². The van der Waals surface area contributed by atoms with Crippen LogP contribution in [0.25, 0.3) is 5.57 Å². The van der Waals surface area contributed by atoms with Crippen molar-refractivity contribution in [2.75, 3.05) is 17.2 Å². The quantitative estimate of drug-likeness (QED) is 0.556. The Morgan fingerprint density at radius 1 is 1.31 bits per heavy atom. The molecule has 0 unspecified atom stereocenters. The number of nitrogens with two attached hydrogens (primary N) is 1. The second-order valence-corrected chi connectivity index (χ2v) is 5.44. The maximum Gasteiger partial charge on any atom is 0.339 e. The highest BCUT2D eigenvalue weighted by Crippen LogP contribution is 2.30. The molecule has 0 spiro atoms. The molecule has 1 aromatic carbocycles. The molecule has 2 amide bonds. The van der Waals surface area contributed by atoms with Crippen LogP contribution in [0.15, 0.2) is 42.7 Å². The Hall–Kier alpha value is -3.68. The summed E-state index contributed by atoms with van der Waals surface area (Å²) in [5, 5.41) is 5.58. The number of esters is 1. The Bertz CT molecular complexity index is 937. The fourth-order valence-corrected chi connectivity index (χ4v) is 2.45. The first-order chi connectivity index (χ1) is 12.5. The van der Waals surface area contributed by atoms with E-state index < -0.39 is 11.9 Å². The molecule has 0 bridgehead atoms. The van der Waals surface area contributed by atoms with Crippen LogP contribution in [-0.2, 0) is 9.53 Å². The van der Waals surface area contributed by atoms with E-state index in [-0.39, 0.29) is 18.1 Å². The number of carbonyl (C=O) groups is 3. The van der Waals surface area contributed by atoms with Gasteiger partial charge < -0.3 is 21.1 Å². The fourth-order valence-electron chi connectivity index (χ4n) is 2.45. The first-order valence-corrected chi connectivity index (χ1v) is 7.85. The maximum atomic E-state index is 12.2. The zero-order valence-corrected chi connectivity index (χ0v) is 13.9. The van der Waals surface area contributed by atoms with Gasteiger partial charge in [-0.3, -0.25) is 9.59 Å². The predicted molar refractivity (Wildman–Crippen MR) is 95.4 cm³/mol. The van der Waals surface area contributed by atoms with E-state index in [1.165, 1.54) is 12.4 Å². The van der Waals surface area contributed by atoms with Crippen molar-refractivity contribution in [3.63, 3.8) is 0 Å². The van der Waals surface area contributed by atoms with Crippen molar-refractivity contribution >= 4 is 34.9 Å². The molecule has 2 aromatic rings. The van der Waals surface area contributed by atoms with Crippen molar-refractivity contribution in [2.24, 2.45) is 5.73 Å². The average Bonchev–Trinajstić information content (AvgIpc) is 2.94. The lowest BCUT2D eigenvalue weighted by atomic mass is 10.1. The third kappa shape index (κ3) is 3.39. The molecule has 3 rings (SSSR count). The molecule has 8 nitrogen and oxygen atoms in total. The van der Waals surface area contributed by atoms with Crippen LogP contribution >= 0.6 is 0 Å². The zero-order chi connectivity index (χ0) is 18.7. The van der Waals surface area contributed by atoms with E-state index >= 15 is 0 Å². The number of nitrogens with one attached hydrogen (secondary N) is 2. The van der Waals surface area contributed by atoms with Crippen molar-refractivity contribution in [1.82, 2.24) is 4.98 Å². The number of benzene rings is 1. The minimum atomic E-state index is -0.548. The molecule has 8 heteroatoms. The van der Waals surface area contributed by atoms with E-state index in [4.69, 9.17) is 10.5 Å². The van der Waals surface area contributed by atoms with Crippen molar-refractivity contribution in [2.45, 2.75) is 6.92 Å². The number of hydrogen-bond acceptors (Lipinski definition) is 6. The van der Waals surface area contributed by atoms with E-state index in [2.05, 4.69) is 15.6 Å². The molecule has 0 atom stereocenters. The van der Waals surface area contributed by atoms with E-state index in [0.717, 1.165) is 0 Å². The summed E-state index contributed by atoms with van der Waals surface area (Å²) >= 11 is 0. The van der Waals surface area contributed by atoms with Crippen LogP contribution in [0.2, 0.25) is 0 Å². The van der Waals surface area contributed by atoms with Gasteiger partial charge in [0.25, 0.3) is 5.91 Å². The second kappa shape index (κ2) is 7.06. The highest BCUT2D eigenvalue weighted by Gasteiger charge is 2.27. The second-order valence-electron chi connectivity index (χ2n) is 5.44. The lowest BCUT2D eigenvalue weighted by Gasteiger charge is -2.05. The number of aromatic nitrogens is 1. The molecule has 2 heterocycles. The molecule has 0 radical (unpaired) electrons. The Balaban J connectivity index is 1.90. The summed E-state index contributed by atoms with van der Waals surface area (Å²) in [6, 6.07) is 8.11. The molecular formula is C18H16N4O4. The van der Waals surface area contributed by atoms with E-state index in [0.29, 0.717) is 28.2 Å². The van der Waals surface area contributed by atoms with Crippen LogP contribution in [0, 0.1) is 0 Å². The van der Waals surface area contributed by atoms with Gasteiger partial charge in [0.1, 0.15) is 5.82 Å². The molecule has 1 aliphatic rings. The van der Waals surface area contributed by atoms with E-state index in [1.807, 2.05) is 0 Å². The summed E-state index contributed by atoms with van der Waals surface area (Å²) in [7, 11) is 0. The van der Waals surface area contributed by atoms with E-state index in [9.17, 15) is 14.4 Å². The van der Waals surface area contributed by atoms with Crippen molar-refractivity contribution in [3.8, 4) is 0 Å². The Labute approximate surface area is 149 Å². The molecule has 0 saturated heterocycles. The van der Waals surface area contributed by atoms with Gasteiger partial charge >= 0.3 is 5.97 Å². The highest BCUT2D eigenvalue weighted by molar-refractivity contribution is 6.31. The standard InChI is InChI=1S/C18H16N4O4/c1-2-26-18(25)11-7-13-14(17(24)22-16(13)21-8-11)9-20-12-5-3-4-10(6-12)15(19)23/h3-9,20H,2H2,1H3,(H2,19,23)(H,21,22,24)/b14-9+. The third-order valence-corrected chi connectivity index (χ3v) is 3.70. The maximum absolute atomic E-state index is 12.2. The average molecular weight is 352 g/mol. The molecule has 4 N–H and O–H groups in total. The largest absolute Gasteiger partial charge is 0.462 e. The first-order valence-electron chi connectivity index (χ1n) is 7.85. The number of carbonyl (C=O) groups excluding carboxylic acids is 3. The fraction of sp³-hybridized carbons (Fsp3) is 0.111. The van der Waals surface area contributed by atoms with Crippen molar-refractivity contribution < 1.29 is 19.1 Å². The number of fused-ring (bicyclic) bond motifs is 1. The van der Waals surface area contributed by atoms with Gasteiger partial charge in [-0.25, -0.2) is 9.78 Å². The molecule has 0 aliphatic carbocycles. The number of nitrogens with zero attached hydrogens (tertiary/aromatic N) is 1. The zero-order valence-electron chi connectivity index (χ0n) is 13.9.